The molecule has 1 heterocycles. The Morgan fingerprint density at radius 2 is 2.19 bits per heavy atom. The maximum absolute atomic E-state index is 12.3. The second kappa shape index (κ2) is 7.22. The summed E-state index contributed by atoms with van der Waals surface area (Å²) in [4.78, 5) is 16.3. The molecule has 1 atom stereocenters. The van der Waals surface area contributed by atoms with Crippen molar-refractivity contribution in [3.63, 3.8) is 0 Å². The van der Waals surface area contributed by atoms with Gasteiger partial charge in [-0.2, -0.15) is 0 Å². The molecule has 0 aliphatic carbocycles. The molecule has 0 bridgehead atoms. The summed E-state index contributed by atoms with van der Waals surface area (Å²) in [5.74, 6) is 0.370. The topological polar surface area (TPSA) is 68.0 Å². The highest BCUT2D eigenvalue weighted by Crippen LogP contribution is 2.18. The van der Waals surface area contributed by atoms with Gasteiger partial charge in [0.1, 0.15) is 5.82 Å². The average Bonchev–Trinajstić information content (AvgIpc) is 2.47. The van der Waals surface area contributed by atoms with Crippen LogP contribution in [0, 0.1) is 5.92 Å². The first-order valence-corrected chi connectivity index (χ1v) is 7.64. The van der Waals surface area contributed by atoms with E-state index in [2.05, 4.69) is 26.2 Å². The lowest BCUT2D eigenvalue weighted by Gasteiger charge is -2.15. The van der Waals surface area contributed by atoms with E-state index in [1.165, 1.54) is 0 Å². The maximum Gasteiger partial charge on any atom is 0.227 e. The van der Waals surface area contributed by atoms with Crippen LogP contribution in [0.3, 0.4) is 0 Å². The minimum absolute atomic E-state index is 0.00375. The number of nitrogens with two attached hydrogens (primary N) is 1. The zero-order valence-corrected chi connectivity index (χ0v) is 13.4. The largest absolute Gasteiger partial charge is 0.384 e. The molecule has 1 aromatic carbocycles. The molecule has 1 unspecified atom stereocenters. The lowest BCUT2D eigenvalue weighted by atomic mass is 9.96. The lowest BCUT2D eigenvalue weighted by molar-refractivity contribution is -0.119. The van der Waals surface area contributed by atoms with Gasteiger partial charge in [-0.15, -0.1) is 0 Å². The molecular weight excluding hydrogens is 330 g/mol. The van der Waals surface area contributed by atoms with Crippen molar-refractivity contribution in [2.75, 3.05) is 11.1 Å². The number of anilines is 2. The van der Waals surface area contributed by atoms with Crippen LogP contribution in [-0.2, 0) is 11.2 Å². The third kappa shape index (κ3) is 4.56. The first kappa shape index (κ1) is 15.5. The van der Waals surface area contributed by atoms with Crippen molar-refractivity contribution in [2.45, 2.75) is 19.8 Å². The van der Waals surface area contributed by atoms with Crippen LogP contribution in [0.25, 0.3) is 0 Å². The van der Waals surface area contributed by atoms with E-state index < -0.39 is 0 Å². The molecule has 2 aromatic rings. The van der Waals surface area contributed by atoms with E-state index in [9.17, 15) is 4.79 Å². The third-order valence-electron chi connectivity index (χ3n) is 3.29. The zero-order valence-electron chi connectivity index (χ0n) is 11.8. The first-order valence-electron chi connectivity index (χ1n) is 6.85. The van der Waals surface area contributed by atoms with Crippen LogP contribution >= 0.6 is 15.9 Å². The standard InChI is InChI=1S/C16H18BrN3O/c1-2-12(8-11-4-3-5-13(17)9-11)16(21)20-14-6-7-15(18)19-10-14/h3-7,9-10,12H,2,8H2,1H3,(H2,18,19)(H,20,21). The van der Waals surface area contributed by atoms with Crippen molar-refractivity contribution in [2.24, 2.45) is 5.92 Å². The lowest BCUT2D eigenvalue weighted by Crippen LogP contribution is -2.24. The van der Waals surface area contributed by atoms with Gasteiger partial charge in [0.05, 0.1) is 11.9 Å². The molecule has 5 heteroatoms. The number of carbonyl (C=O) groups is 1. The van der Waals surface area contributed by atoms with Crippen LogP contribution < -0.4 is 11.1 Å². The van der Waals surface area contributed by atoms with Crippen molar-refractivity contribution in [3.05, 3.63) is 52.6 Å². The fourth-order valence-corrected chi connectivity index (χ4v) is 2.54. The Bertz CT molecular complexity index is 613. The molecule has 1 aromatic heterocycles. The van der Waals surface area contributed by atoms with E-state index >= 15 is 0 Å². The van der Waals surface area contributed by atoms with Gasteiger partial charge in [0.25, 0.3) is 0 Å². The number of amides is 1. The number of nitrogens with one attached hydrogen (secondary N) is 1. The predicted molar refractivity (Wildman–Crippen MR) is 88.9 cm³/mol. The number of halogens is 1. The molecule has 0 fully saturated rings. The van der Waals surface area contributed by atoms with Crippen molar-refractivity contribution in [1.29, 1.82) is 0 Å². The first-order chi connectivity index (χ1) is 10.1. The van der Waals surface area contributed by atoms with Crippen molar-refractivity contribution in [1.82, 2.24) is 4.98 Å². The summed E-state index contributed by atoms with van der Waals surface area (Å²) < 4.78 is 1.03. The molecule has 3 N–H and O–H groups in total. The average molecular weight is 348 g/mol. The monoisotopic (exact) mass is 347 g/mol. The second-order valence-electron chi connectivity index (χ2n) is 4.90. The quantitative estimate of drug-likeness (QED) is 0.867. The SMILES string of the molecule is CCC(Cc1cccc(Br)c1)C(=O)Nc1ccc(N)nc1. The number of benzene rings is 1. The van der Waals surface area contributed by atoms with Crippen LogP contribution in [-0.4, -0.2) is 10.9 Å². The van der Waals surface area contributed by atoms with E-state index in [1.54, 1.807) is 18.3 Å². The third-order valence-corrected chi connectivity index (χ3v) is 3.78. The summed E-state index contributed by atoms with van der Waals surface area (Å²) >= 11 is 3.45. The van der Waals surface area contributed by atoms with Gasteiger partial charge in [0, 0.05) is 10.4 Å². The van der Waals surface area contributed by atoms with Crippen molar-refractivity contribution in [3.8, 4) is 0 Å². The minimum atomic E-state index is -0.0724. The number of hydrogen-bond acceptors (Lipinski definition) is 3. The van der Waals surface area contributed by atoms with Gasteiger partial charge in [0.2, 0.25) is 5.91 Å². The van der Waals surface area contributed by atoms with Gasteiger partial charge in [-0.25, -0.2) is 4.98 Å². The minimum Gasteiger partial charge on any atom is -0.384 e. The summed E-state index contributed by atoms with van der Waals surface area (Å²) in [5.41, 5.74) is 7.34. The summed E-state index contributed by atoms with van der Waals surface area (Å²) in [7, 11) is 0. The van der Waals surface area contributed by atoms with Gasteiger partial charge in [0.15, 0.2) is 0 Å². The number of rotatable bonds is 5. The Balaban J connectivity index is 2.03. The van der Waals surface area contributed by atoms with Gasteiger partial charge in [-0.3, -0.25) is 4.79 Å². The highest BCUT2D eigenvalue weighted by Gasteiger charge is 2.17. The zero-order chi connectivity index (χ0) is 15.2. The van der Waals surface area contributed by atoms with Gasteiger partial charge in [-0.05, 0) is 42.7 Å². The number of nitrogens with zero attached hydrogens (tertiary/aromatic N) is 1. The Morgan fingerprint density at radius 3 is 2.81 bits per heavy atom. The smallest absolute Gasteiger partial charge is 0.227 e. The number of nitrogen functional groups attached to an aromatic ring is 1. The van der Waals surface area contributed by atoms with Crippen LogP contribution in [0.1, 0.15) is 18.9 Å². The van der Waals surface area contributed by atoms with E-state index in [4.69, 9.17) is 5.73 Å². The molecule has 21 heavy (non-hydrogen) atoms. The fourth-order valence-electron chi connectivity index (χ4n) is 2.09. The highest BCUT2D eigenvalue weighted by atomic mass is 79.9. The van der Waals surface area contributed by atoms with Gasteiger partial charge >= 0.3 is 0 Å². The summed E-state index contributed by atoms with van der Waals surface area (Å²) in [6.07, 6.45) is 3.06. The van der Waals surface area contributed by atoms with Gasteiger partial charge in [-0.1, -0.05) is 35.0 Å². The summed E-state index contributed by atoms with van der Waals surface area (Å²) in [5, 5.41) is 2.89. The number of pyridine rings is 1. The molecule has 0 radical (unpaired) electrons. The number of hydrogen-bond donors (Lipinski definition) is 2. The number of aromatic nitrogens is 1. The Morgan fingerprint density at radius 1 is 1.38 bits per heavy atom. The molecular formula is C16H18BrN3O. The van der Waals surface area contributed by atoms with Crippen LogP contribution in [0.2, 0.25) is 0 Å². The van der Waals surface area contributed by atoms with Crippen LogP contribution in [0.15, 0.2) is 47.1 Å². The molecule has 2 rings (SSSR count). The van der Waals surface area contributed by atoms with Crippen molar-refractivity contribution < 1.29 is 4.79 Å². The molecule has 0 aliphatic rings. The Kier molecular flexibility index (Phi) is 5.33. The van der Waals surface area contributed by atoms with E-state index in [1.807, 2.05) is 31.2 Å². The Labute approximate surface area is 132 Å². The second-order valence-corrected chi connectivity index (χ2v) is 5.82. The molecule has 110 valence electrons. The molecule has 4 nitrogen and oxygen atoms in total. The summed E-state index contributed by atoms with van der Waals surface area (Å²) in [6, 6.07) is 11.5. The molecule has 0 saturated heterocycles. The van der Waals surface area contributed by atoms with Crippen LogP contribution in [0.5, 0.6) is 0 Å². The summed E-state index contributed by atoms with van der Waals surface area (Å²) in [6.45, 7) is 2.02. The molecule has 0 saturated carbocycles. The fraction of sp³-hybridized carbons (Fsp3) is 0.250. The van der Waals surface area contributed by atoms with Gasteiger partial charge < -0.3 is 11.1 Å². The molecule has 0 aliphatic heterocycles. The van der Waals surface area contributed by atoms with E-state index in [0.717, 1.165) is 16.5 Å². The van der Waals surface area contributed by atoms with E-state index in [-0.39, 0.29) is 11.8 Å². The maximum atomic E-state index is 12.3. The molecule has 0 spiro atoms. The predicted octanol–water partition coefficient (Wildman–Crippen LogP) is 3.63. The van der Waals surface area contributed by atoms with Crippen molar-refractivity contribution >= 4 is 33.3 Å². The highest BCUT2D eigenvalue weighted by molar-refractivity contribution is 9.10. The normalized spacial score (nSPS) is 11.9. The van der Waals surface area contributed by atoms with Crippen LogP contribution in [0.4, 0.5) is 11.5 Å². The molecule has 1 amide bonds. The van der Waals surface area contributed by atoms with E-state index in [0.29, 0.717) is 17.9 Å². The number of carbonyl (C=O) groups excluding carboxylic acids is 1. The Hall–Kier alpha value is -1.88.